The molecular formula is C19H26N4O4. The van der Waals surface area contributed by atoms with Crippen molar-refractivity contribution in [3.63, 3.8) is 0 Å². The highest BCUT2D eigenvalue weighted by Crippen LogP contribution is 2.28. The average Bonchev–Trinajstić information content (AvgIpc) is 3.29. The third-order valence-corrected chi connectivity index (χ3v) is 4.44. The molecular weight excluding hydrogens is 348 g/mol. The molecule has 2 amide bonds. The number of methoxy groups -OCH3 is 2. The number of carbonyl (C=O) groups excluding carboxylic acids is 1. The van der Waals surface area contributed by atoms with E-state index in [4.69, 9.17) is 14.2 Å². The number of nitrogens with zero attached hydrogens (tertiary/aromatic N) is 2. The second kappa shape index (κ2) is 8.77. The molecule has 1 aromatic heterocycles. The van der Waals surface area contributed by atoms with Crippen molar-refractivity contribution in [3.05, 3.63) is 35.5 Å². The zero-order valence-corrected chi connectivity index (χ0v) is 15.9. The minimum atomic E-state index is -0.265. The molecule has 1 unspecified atom stereocenters. The largest absolute Gasteiger partial charge is 0.493 e. The summed E-state index contributed by atoms with van der Waals surface area (Å²) >= 11 is 0. The Morgan fingerprint density at radius 1 is 1.30 bits per heavy atom. The Hall–Kier alpha value is -2.74. The molecule has 146 valence electrons. The Kier molecular flexibility index (Phi) is 6.18. The van der Waals surface area contributed by atoms with Crippen molar-refractivity contribution in [1.82, 2.24) is 15.1 Å². The van der Waals surface area contributed by atoms with Gasteiger partial charge in [0, 0.05) is 19.2 Å². The number of aryl methyl sites for hydroxylation is 1. The predicted molar refractivity (Wildman–Crippen MR) is 102 cm³/mol. The summed E-state index contributed by atoms with van der Waals surface area (Å²) in [5, 5.41) is 10.2. The normalized spacial score (nSPS) is 16.2. The van der Waals surface area contributed by atoms with E-state index in [1.807, 2.05) is 31.2 Å². The van der Waals surface area contributed by atoms with Crippen LogP contribution in [0.15, 0.2) is 24.3 Å². The number of rotatable bonds is 7. The van der Waals surface area contributed by atoms with Crippen molar-refractivity contribution in [2.24, 2.45) is 0 Å². The molecule has 3 rings (SSSR count). The van der Waals surface area contributed by atoms with E-state index in [0.717, 1.165) is 30.7 Å². The lowest BCUT2D eigenvalue weighted by molar-refractivity contribution is 0.112. The van der Waals surface area contributed by atoms with Crippen molar-refractivity contribution >= 4 is 11.8 Å². The molecule has 0 aliphatic carbocycles. The maximum Gasteiger partial charge on any atom is 0.320 e. The topological polar surface area (TPSA) is 86.6 Å². The van der Waals surface area contributed by atoms with E-state index < -0.39 is 0 Å². The molecule has 2 heterocycles. The minimum absolute atomic E-state index is 0.106. The highest BCUT2D eigenvalue weighted by atomic mass is 16.5. The van der Waals surface area contributed by atoms with E-state index in [-0.39, 0.29) is 12.1 Å². The highest BCUT2D eigenvalue weighted by molar-refractivity contribution is 5.88. The number of ether oxygens (including phenoxy) is 3. The molecule has 1 aromatic carbocycles. The van der Waals surface area contributed by atoms with E-state index in [1.165, 1.54) is 0 Å². The molecule has 27 heavy (non-hydrogen) atoms. The van der Waals surface area contributed by atoms with Crippen LogP contribution in [0.4, 0.5) is 10.6 Å². The monoisotopic (exact) mass is 374 g/mol. The first kappa shape index (κ1) is 19.0. The van der Waals surface area contributed by atoms with Gasteiger partial charge in [0.2, 0.25) is 0 Å². The second-order valence-corrected chi connectivity index (χ2v) is 6.49. The molecule has 2 aromatic rings. The molecule has 8 heteroatoms. The Labute approximate surface area is 158 Å². The van der Waals surface area contributed by atoms with Crippen LogP contribution in [0.1, 0.15) is 24.1 Å². The summed E-state index contributed by atoms with van der Waals surface area (Å²) in [6, 6.07) is 7.27. The summed E-state index contributed by atoms with van der Waals surface area (Å²) in [4.78, 5) is 12.2. The summed E-state index contributed by atoms with van der Waals surface area (Å²) < 4.78 is 17.9. The molecule has 1 fully saturated rings. The van der Waals surface area contributed by atoms with Crippen LogP contribution in [0.2, 0.25) is 0 Å². The third kappa shape index (κ3) is 4.91. The molecule has 0 spiro atoms. The number of anilines is 1. The maximum atomic E-state index is 12.2. The van der Waals surface area contributed by atoms with E-state index in [2.05, 4.69) is 15.7 Å². The fourth-order valence-corrected chi connectivity index (χ4v) is 3.09. The zero-order valence-electron chi connectivity index (χ0n) is 15.9. The van der Waals surface area contributed by atoms with Crippen molar-refractivity contribution < 1.29 is 19.0 Å². The number of urea groups is 1. The zero-order chi connectivity index (χ0) is 19.2. The molecule has 2 N–H and O–H groups in total. The lowest BCUT2D eigenvalue weighted by Gasteiger charge is -2.13. The Morgan fingerprint density at radius 3 is 2.81 bits per heavy atom. The number of benzene rings is 1. The van der Waals surface area contributed by atoms with Crippen molar-refractivity contribution in [3.8, 4) is 11.5 Å². The number of hydrogen-bond donors (Lipinski definition) is 2. The summed E-state index contributed by atoms with van der Waals surface area (Å²) in [5.74, 6) is 1.96. The first-order valence-electron chi connectivity index (χ1n) is 9.01. The molecule has 0 bridgehead atoms. The van der Waals surface area contributed by atoms with Crippen LogP contribution in [0.3, 0.4) is 0 Å². The van der Waals surface area contributed by atoms with Crippen LogP contribution < -0.4 is 20.1 Å². The van der Waals surface area contributed by atoms with Gasteiger partial charge in [0.1, 0.15) is 5.82 Å². The van der Waals surface area contributed by atoms with Gasteiger partial charge in [-0.3, -0.25) is 5.32 Å². The first-order chi connectivity index (χ1) is 13.1. The lowest BCUT2D eigenvalue weighted by Crippen LogP contribution is -2.35. The number of nitrogens with one attached hydrogen (secondary N) is 2. The van der Waals surface area contributed by atoms with Crippen molar-refractivity contribution in [2.75, 3.05) is 32.7 Å². The summed E-state index contributed by atoms with van der Waals surface area (Å²) in [5.41, 5.74) is 1.81. The van der Waals surface area contributed by atoms with Crippen LogP contribution in [-0.4, -0.2) is 49.3 Å². The molecule has 0 radical (unpaired) electrons. The van der Waals surface area contributed by atoms with Crippen LogP contribution in [0.5, 0.6) is 11.5 Å². The van der Waals surface area contributed by atoms with Crippen LogP contribution >= 0.6 is 0 Å². The van der Waals surface area contributed by atoms with Gasteiger partial charge in [0.25, 0.3) is 0 Å². The van der Waals surface area contributed by atoms with Gasteiger partial charge in [0.15, 0.2) is 11.5 Å². The molecule has 8 nitrogen and oxygen atoms in total. The average molecular weight is 374 g/mol. The smallest absolute Gasteiger partial charge is 0.320 e. The number of amides is 2. The van der Waals surface area contributed by atoms with E-state index in [1.54, 1.807) is 18.9 Å². The molecule has 1 aliphatic rings. The van der Waals surface area contributed by atoms with Crippen molar-refractivity contribution in [2.45, 2.75) is 32.4 Å². The summed E-state index contributed by atoms with van der Waals surface area (Å²) in [6.45, 7) is 3.66. The van der Waals surface area contributed by atoms with Gasteiger partial charge < -0.3 is 19.5 Å². The number of hydrogen-bond acceptors (Lipinski definition) is 5. The Bertz CT molecular complexity index is 784. The fourth-order valence-electron chi connectivity index (χ4n) is 3.09. The van der Waals surface area contributed by atoms with Gasteiger partial charge in [0.05, 0.1) is 32.6 Å². The van der Waals surface area contributed by atoms with Gasteiger partial charge >= 0.3 is 6.03 Å². The van der Waals surface area contributed by atoms with Crippen LogP contribution in [0.25, 0.3) is 0 Å². The standard InChI is InChI=1S/C19H26N4O4/c1-13-9-18(21-19(24)20-11-15-5-4-8-27-15)23(22-13)12-14-6-7-16(25-2)17(10-14)26-3/h6-7,9-10,15H,4-5,8,11-12H2,1-3H3,(H2,20,21,24). The van der Waals surface area contributed by atoms with E-state index in [0.29, 0.717) is 30.4 Å². The van der Waals surface area contributed by atoms with Crippen LogP contribution in [-0.2, 0) is 11.3 Å². The Morgan fingerprint density at radius 2 is 2.11 bits per heavy atom. The first-order valence-corrected chi connectivity index (χ1v) is 9.01. The summed E-state index contributed by atoms with van der Waals surface area (Å²) in [7, 11) is 3.21. The molecule has 0 saturated carbocycles. The second-order valence-electron chi connectivity index (χ2n) is 6.49. The van der Waals surface area contributed by atoms with Crippen LogP contribution in [0, 0.1) is 6.92 Å². The molecule has 1 atom stereocenters. The van der Waals surface area contributed by atoms with E-state index in [9.17, 15) is 4.79 Å². The minimum Gasteiger partial charge on any atom is -0.493 e. The maximum absolute atomic E-state index is 12.2. The quantitative estimate of drug-likeness (QED) is 0.778. The Balaban J connectivity index is 1.65. The van der Waals surface area contributed by atoms with Gasteiger partial charge in [-0.15, -0.1) is 0 Å². The SMILES string of the molecule is COc1ccc(Cn2nc(C)cc2NC(=O)NCC2CCCO2)cc1OC. The van der Waals surface area contributed by atoms with Gasteiger partial charge in [-0.1, -0.05) is 6.07 Å². The molecule has 1 saturated heterocycles. The van der Waals surface area contributed by atoms with E-state index >= 15 is 0 Å². The van der Waals surface area contributed by atoms with Gasteiger partial charge in [-0.25, -0.2) is 9.48 Å². The third-order valence-electron chi connectivity index (χ3n) is 4.44. The van der Waals surface area contributed by atoms with Gasteiger partial charge in [-0.2, -0.15) is 5.10 Å². The van der Waals surface area contributed by atoms with Gasteiger partial charge in [-0.05, 0) is 37.5 Å². The predicted octanol–water partition coefficient (Wildman–Crippen LogP) is 2.56. The number of aromatic nitrogens is 2. The highest BCUT2D eigenvalue weighted by Gasteiger charge is 2.17. The van der Waals surface area contributed by atoms with Crippen molar-refractivity contribution in [1.29, 1.82) is 0 Å². The lowest BCUT2D eigenvalue weighted by atomic mass is 10.2. The molecule has 1 aliphatic heterocycles. The number of carbonyl (C=O) groups is 1. The summed E-state index contributed by atoms with van der Waals surface area (Å²) in [6.07, 6.45) is 2.14. The fraction of sp³-hybridized carbons (Fsp3) is 0.474.